The van der Waals surface area contributed by atoms with Crippen LogP contribution in [0.5, 0.6) is 0 Å². The van der Waals surface area contributed by atoms with Crippen LogP contribution < -0.4 is 16.8 Å². The van der Waals surface area contributed by atoms with Crippen molar-refractivity contribution in [3.8, 4) is 0 Å². The summed E-state index contributed by atoms with van der Waals surface area (Å²) in [5.74, 6) is 0.229. The maximum absolute atomic E-state index is 13.4. The van der Waals surface area contributed by atoms with Crippen LogP contribution in [0.25, 0.3) is 11.0 Å². The quantitative estimate of drug-likeness (QED) is 0.313. The molecule has 1 heterocycles. The fourth-order valence-electron chi connectivity index (χ4n) is 5.73. The summed E-state index contributed by atoms with van der Waals surface area (Å²) in [6.45, 7) is 1.26. The molecule has 0 saturated heterocycles. The summed E-state index contributed by atoms with van der Waals surface area (Å²) < 4.78 is 2.24. The van der Waals surface area contributed by atoms with Gasteiger partial charge in [-0.15, -0.1) is 0 Å². The molecule has 3 aromatic carbocycles. The normalized spacial score (nSPS) is 18.2. The number of aromatic nitrogens is 2. The molecular formula is C31H35N5O2. The minimum Gasteiger partial charge on any atom is -0.368 e. The maximum atomic E-state index is 13.4. The van der Waals surface area contributed by atoms with Gasteiger partial charge >= 0.3 is 0 Å². The maximum Gasteiger partial charge on any atom is 0.244 e. The summed E-state index contributed by atoms with van der Waals surface area (Å²) in [6.07, 6.45) is 4.54. The average molecular weight is 510 g/mol. The van der Waals surface area contributed by atoms with Gasteiger partial charge in [0.15, 0.2) is 0 Å². The number of nitrogens with zero attached hydrogens (tertiary/aromatic N) is 2. The van der Waals surface area contributed by atoms with Crippen molar-refractivity contribution in [1.29, 1.82) is 0 Å². The van der Waals surface area contributed by atoms with Gasteiger partial charge in [0.05, 0.1) is 11.0 Å². The van der Waals surface area contributed by atoms with Crippen LogP contribution in [0.15, 0.2) is 78.9 Å². The van der Waals surface area contributed by atoms with Gasteiger partial charge in [-0.1, -0.05) is 79.6 Å². The van der Waals surface area contributed by atoms with Crippen molar-refractivity contribution in [2.45, 2.75) is 50.6 Å². The Morgan fingerprint density at radius 3 is 2.39 bits per heavy atom. The molecule has 1 aliphatic rings. The van der Waals surface area contributed by atoms with Crippen LogP contribution in [0.2, 0.25) is 0 Å². The highest BCUT2D eigenvalue weighted by Gasteiger charge is 2.34. The van der Waals surface area contributed by atoms with Gasteiger partial charge in [0.25, 0.3) is 0 Å². The van der Waals surface area contributed by atoms with Crippen LogP contribution in [-0.2, 0) is 22.6 Å². The highest BCUT2D eigenvalue weighted by atomic mass is 16.2. The molecule has 0 spiro atoms. The van der Waals surface area contributed by atoms with Crippen molar-refractivity contribution < 1.29 is 9.59 Å². The Morgan fingerprint density at radius 1 is 0.947 bits per heavy atom. The van der Waals surface area contributed by atoms with E-state index in [-0.39, 0.29) is 17.7 Å². The largest absolute Gasteiger partial charge is 0.368 e. The van der Waals surface area contributed by atoms with E-state index in [2.05, 4.69) is 40.2 Å². The smallest absolute Gasteiger partial charge is 0.244 e. The molecule has 1 saturated carbocycles. The fraction of sp³-hybridized carbons (Fsp3) is 0.323. The van der Waals surface area contributed by atoms with E-state index in [1.54, 1.807) is 0 Å². The molecule has 5 rings (SSSR count). The average Bonchev–Trinajstić information content (AvgIpc) is 3.29. The van der Waals surface area contributed by atoms with Crippen LogP contribution in [0.4, 0.5) is 0 Å². The highest BCUT2D eigenvalue weighted by molar-refractivity contribution is 5.89. The van der Waals surface area contributed by atoms with Crippen molar-refractivity contribution in [3.63, 3.8) is 0 Å². The van der Waals surface area contributed by atoms with Crippen LogP contribution in [0, 0.1) is 5.92 Å². The number of benzene rings is 3. The molecule has 196 valence electrons. The van der Waals surface area contributed by atoms with E-state index in [1.165, 1.54) is 5.56 Å². The minimum absolute atomic E-state index is 0.101. The number of fused-ring (bicyclic) bond motifs is 1. The zero-order chi connectivity index (χ0) is 26.5. The number of rotatable bonds is 9. The zero-order valence-corrected chi connectivity index (χ0v) is 21.6. The van der Waals surface area contributed by atoms with Crippen molar-refractivity contribution in [2.24, 2.45) is 17.4 Å². The number of hydrogen-bond donors (Lipinski definition) is 3. The van der Waals surface area contributed by atoms with E-state index in [9.17, 15) is 9.59 Å². The van der Waals surface area contributed by atoms with Crippen molar-refractivity contribution >= 4 is 22.8 Å². The van der Waals surface area contributed by atoms with Gasteiger partial charge in [-0.05, 0) is 54.1 Å². The second kappa shape index (κ2) is 11.6. The molecule has 7 heteroatoms. The third-order valence-corrected chi connectivity index (χ3v) is 7.66. The summed E-state index contributed by atoms with van der Waals surface area (Å²) in [5, 5.41) is 2.94. The van der Waals surface area contributed by atoms with Crippen molar-refractivity contribution in [3.05, 3.63) is 101 Å². The molecular weight excluding hydrogens is 474 g/mol. The number of primary amides is 1. The molecule has 0 aliphatic heterocycles. The first-order valence-electron chi connectivity index (χ1n) is 13.4. The Hall–Kier alpha value is -3.97. The summed E-state index contributed by atoms with van der Waals surface area (Å²) in [4.78, 5) is 30.4. The number of carbonyl (C=O) groups is 2. The zero-order valence-electron chi connectivity index (χ0n) is 21.6. The van der Waals surface area contributed by atoms with Crippen LogP contribution >= 0.6 is 0 Å². The van der Waals surface area contributed by atoms with Crippen molar-refractivity contribution in [2.75, 3.05) is 6.54 Å². The van der Waals surface area contributed by atoms with Gasteiger partial charge in [-0.3, -0.25) is 9.59 Å². The topological polar surface area (TPSA) is 116 Å². The summed E-state index contributed by atoms with van der Waals surface area (Å²) in [5.41, 5.74) is 16.6. The molecule has 0 bridgehead atoms. The fourth-order valence-corrected chi connectivity index (χ4v) is 5.73. The summed E-state index contributed by atoms with van der Waals surface area (Å²) >= 11 is 0. The van der Waals surface area contributed by atoms with Crippen LogP contribution in [0.3, 0.4) is 0 Å². The molecule has 3 unspecified atom stereocenters. The molecule has 2 amide bonds. The lowest BCUT2D eigenvalue weighted by Crippen LogP contribution is -2.42. The first kappa shape index (κ1) is 25.7. The number of nitrogens with two attached hydrogens (primary N) is 2. The van der Waals surface area contributed by atoms with Gasteiger partial charge in [-0.2, -0.15) is 0 Å². The number of hydrogen-bond acceptors (Lipinski definition) is 4. The Morgan fingerprint density at radius 2 is 1.66 bits per heavy atom. The Labute approximate surface area is 223 Å². The van der Waals surface area contributed by atoms with Crippen molar-refractivity contribution in [1.82, 2.24) is 14.9 Å². The van der Waals surface area contributed by atoms with E-state index < -0.39 is 11.9 Å². The van der Waals surface area contributed by atoms with Gasteiger partial charge in [0, 0.05) is 18.9 Å². The third kappa shape index (κ3) is 5.48. The molecule has 7 nitrogen and oxygen atoms in total. The predicted octanol–water partition coefficient (Wildman–Crippen LogP) is 4.20. The molecule has 38 heavy (non-hydrogen) atoms. The van der Waals surface area contributed by atoms with Gasteiger partial charge in [0.1, 0.15) is 11.9 Å². The molecule has 1 aromatic heterocycles. The first-order valence-corrected chi connectivity index (χ1v) is 13.4. The first-order chi connectivity index (χ1) is 18.5. The number of imidazole rings is 1. The second-order valence-electron chi connectivity index (χ2n) is 10.1. The molecule has 1 aliphatic carbocycles. The highest BCUT2D eigenvalue weighted by Crippen LogP contribution is 2.38. The number of nitrogens with one attached hydrogen (secondary N) is 1. The lowest BCUT2D eigenvalue weighted by Gasteiger charge is -2.32. The van der Waals surface area contributed by atoms with Crippen LogP contribution in [0.1, 0.15) is 60.2 Å². The lowest BCUT2D eigenvalue weighted by atomic mass is 9.74. The number of para-hydroxylation sites is 2. The van der Waals surface area contributed by atoms with E-state index >= 15 is 0 Å². The van der Waals surface area contributed by atoms with Gasteiger partial charge in [0.2, 0.25) is 11.8 Å². The predicted molar refractivity (Wildman–Crippen MR) is 149 cm³/mol. The molecule has 0 radical (unpaired) electrons. The standard InChI is InChI=1S/C31H35N5O2/c32-19-18-28-34-26-12-6-7-13-27(26)36(28)20-21-14-16-22(17-15-21)24-10-4-5-11-25(24)31(38)35-29(30(33)37)23-8-2-1-3-9-23/h1-3,6-9,12-17,24-25,29H,4-5,10-11,18-20,32H2,(H2,33,37)(H,35,38). The number of carbonyl (C=O) groups excluding carboxylic acids is 2. The second-order valence-corrected chi connectivity index (χ2v) is 10.1. The van der Waals surface area contributed by atoms with E-state index in [0.29, 0.717) is 18.7 Å². The minimum atomic E-state index is -0.832. The van der Waals surface area contributed by atoms with E-state index in [0.717, 1.165) is 54.5 Å². The SMILES string of the molecule is NCCc1nc2ccccc2n1Cc1ccc(C2CCCCC2C(=O)NC(C(N)=O)c2ccccc2)cc1. The Balaban J connectivity index is 1.34. The molecule has 3 atom stereocenters. The Bertz CT molecular complexity index is 1400. The molecule has 4 aromatic rings. The Kier molecular flexibility index (Phi) is 7.84. The molecule has 1 fully saturated rings. The number of amides is 2. The van der Waals surface area contributed by atoms with Gasteiger partial charge in [-0.25, -0.2) is 4.98 Å². The third-order valence-electron chi connectivity index (χ3n) is 7.66. The van der Waals surface area contributed by atoms with Crippen LogP contribution in [-0.4, -0.2) is 27.9 Å². The molecule has 5 N–H and O–H groups in total. The summed E-state index contributed by atoms with van der Waals surface area (Å²) in [6, 6.07) is 25.1. The van der Waals surface area contributed by atoms with Gasteiger partial charge < -0.3 is 21.4 Å². The summed E-state index contributed by atoms with van der Waals surface area (Å²) in [7, 11) is 0. The lowest BCUT2D eigenvalue weighted by molar-refractivity contribution is -0.131. The van der Waals surface area contributed by atoms with E-state index in [4.69, 9.17) is 16.5 Å². The van der Waals surface area contributed by atoms with E-state index in [1.807, 2.05) is 48.5 Å². The monoisotopic (exact) mass is 509 g/mol.